The molecule has 5 nitrogen and oxygen atoms in total. The molecular weight excluding hydrogens is 363 g/mol. The van der Waals surface area contributed by atoms with Crippen molar-refractivity contribution in [1.82, 2.24) is 5.32 Å². The maximum atomic E-state index is 12.0. The van der Waals surface area contributed by atoms with Crippen LogP contribution in [-0.4, -0.2) is 31.1 Å². The number of anilines is 1. The summed E-state index contributed by atoms with van der Waals surface area (Å²) in [7, 11) is 0. The van der Waals surface area contributed by atoms with Gasteiger partial charge >= 0.3 is 0 Å². The van der Waals surface area contributed by atoms with Crippen LogP contribution < -0.4 is 10.6 Å². The minimum Gasteiger partial charge on any atom is -0.362 e. The Kier molecular flexibility index (Phi) is 7.54. The van der Waals surface area contributed by atoms with E-state index in [1.165, 1.54) is 6.42 Å². The van der Waals surface area contributed by atoms with Crippen LogP contribution in [0.5, 0.6) is 0 Å². The normalized spacial score (nSPS) is 23.1. The zero-order chi connectivity index (χ0) is 18.4. The molecule has 138 valence electrons. The first kappa shape index (κ1) is 20.0. The fraction of sp³-hybridized carbons (Fsp3) is 0.556. The highest BCUT2D eigenvalue weighted by Gasteiger charge is 2.28. The van der Waals surface area contributed by atoms with Crippen molar-refractivity contribution in [3.63, 3.8) is 0 Å². The van der Waals surface area contributed by atoms with Crippen LogP contribution in [0.2, 0.25) is 10.0 Å². The van der Waals surface area contributed by atoms with Crippen LogP contribution in [-0.2, 0) is 14.3 Å². The molecule has 25 heavy (non-hydrogen) atoms. The molecule has 0 radical (unpaired) electrons. The molecule has 3 atom stereocenters. The smallest absolute Gasteiger partial charge is 0.250 e. The molecule has 0 bridgehead atoms. The largest absolute Gasteiger partial charge is 0.362 e. The number of ether oxygens (including phenoxy) is 1. The van der Waals surface area contributed by atoms with Crippen LogP contribution >= 0.6 is 23.2 Å². The maximum absolute atomic E-state index is 12.0. The van der Waals surface area contributed by atoms with E-state index in [9.17, 15) is 9.59 Å². The van der Waals surface area contributed by atoms with Crippen LogP contribution in [0.4, 0.5) is 5.69 Å². The van der Waals surface area contributed by atoms with Gasteiger partial charge in [0, 0.05) is 6.04 Å². The van der Waals surface area contributed by atoms with Crippen molar-refractivity contribution >= 4 is 40.7 Å². The van der Waals surface area contributed by atoms with E-state index < -0.39 is 5.91 Å². The molecule has 1 aliphatic carbocycles. The minimum absolute atomic E-state index is 0.145. The first-order chi connectivity index (χ1) is 11.9. The maximum Gasteiger partial charge on any atom is 0.250 e. The molecule has 0 aliphatic heterocycles. The quantitative estimate of drug-likeness (QED) is 0.778. The van der Waals surface area contributed by atoms with E-state index in [2.05, 4.69) is 24.5 Å². The molecule has 1 saturated carbocycles. The second kappa shape index (κ2) is 9.41. The van der Waals surface area contributed by atoms with E-state index >= 15 is 0 Å². The molecule has 2 N–H and O–H groups in total. The Morgan fingerprint density at radius 1 is 1.16 bits per heavy atom. The molecule has 2 rings (SSSR count). The monoisotopic (exact) mass is 386 g/mol. The highest BCUT2D eigenvalue weighted by molar-refractivity contribution is 6.43. The average Bonchev–Trinajstić information content (AvgIpc) is 2.56. The van der Waals surface area contributed by atoms with Crippen LogP contribution in [0.1, 0.15) is 33.1 Å². The average molecular weight is 387 g/mol. The lowest BCUT2D eigenvalue weighted by Crippen LogP contribution is -2.45. The van der Waals surface area contributed by atoms with Gasteiger partial charge in [0.2, 0.25) is 11.8 Å². The lowest BCUT2D eigenvalue weighted by atomic mass is 9.78. The molecule has 0 heterocycles. The van der Waals surface area contributed by atoms with Crippen molar-refractivity contribution in [2.24, 2.45) is 11.8 Å². The predicted molar refractivity (Wildman–Crippen MR) is 100 cm³/mol. The zero-order valence-electron chi connectivity index (χ0n) is 14.5. The third-order valence-corrected chi connectivity index (χ3v) is 5.56. The van der Waals surface area contributed by atoms with E-state index in [-0.39, 0.29) is 30.2 Å². The molecule has 1 aromatic rings. The molecule has 0 saturated heterocycles. The number of halogens is 2. The summed E-state index contributed by atoms with van der Waals surface area (Å²) in [5, 5.41) is 6.24. The van der Waals surface area contributed by atoms with Gasteiger partial charge in [-0.25, -0.2) is 0 Å². The standard InChI is InChI=1S/C18H24Cl2N2O3/c1-11-5-3-7-14(12(11)2)21-16(23)9-25-10-17(24)22-15-8-4-6-13(19)18(15)20/h4,6,8,11-12,14H,3,5,7,9-10H2,1-2H3,(H,21,23)(H,22,24)/t11-,12+,14+/m0/s1. The zero-order valence-corrected chi connectivity index (χ0v) is 16.0. The van der Waals surface area contributed by atoms with Gasteiger partial charge in [0.1, 0.15) is 13.2 Å². The number of carbonyl (C=O) groups excluding carboxylic acids is 2. The SMILES string of the molecule is C[C@@H]1[C@@H](C)CCC[C@H]1NC(=O)COCC(=O)Nc1cccc(Cl)c1Cl. The summed E-state index contributed by atoms with van der Waals surface area (Å²) in [6.07, 6.45) is 3.32. The highest BCUT2D eigenvalue weighted by atomic mass is 35.5. The molecule has 0 aromatic heterocycles. The molecular formula is C18H24Cl2N2O3. The fourth-order valence-electron chi connectivity index (χ4n) is 3.06. The molecule has 1 aromatic carbocycles. The topological polar surface area (TPSA) is 67.4 Å². The summed E-state index contributed by atoms with van der Waals surface area (Å²) in [4.78, 5) is 23.9. The Balaban J connectivity index is 1.72. The summed E-state index contributed by atoms with van der Waals surface area (Å²) < 4.78 is 5.20. The van der Waals surface area contributed by atoms with Crippen molar-refractivity contribution in [1.29, 1.82) is 0 Å². The second-order valence-corrected chi connectivity index (χ2v) is 7.37. The van der Waals surface area contributed by atoms with E-state index in [1.807, 2.05) is 0 Å². The fourth-order valence-corrected chi connectivity index (χ4v) is 3.40. The molecule has 7 heteroatoms. The van der Waals surface area contributed by atoms with Gasteiger partial charge in [-0.2, -0.15) is 0 Å². The van der Waals surface area contributed by atoms with Crippen molar-refractivity contribution in [2.45, 2.75) is 39.2 Å². The molecule has 1 aliphatic rings. The van der Waals surface area contributed by atoms with Crippen molar-refractivity contribution in [2.75, 3.05) is 18.5 Å². The van der Waals surface area contributed by atoms with Crippen LogP contribution in [0, 0.1) is 11.8 Å². The lowest BCUT2D eigenvalue weighted by molar-refractivity contribution is -0.129. The third-order valence-electron chi connectivity index (χ3n) is 4.75. The first-order valence-electron chi connectivity index (χ1n) is 8.49. The minimum atomic E-state index is -0.392. The van der Waals surface area contributed by atoms with Crippen molar-refractivity contribution < 1.29 is 14.3 Å². The summed E-state index contributed by atoms with van der Waals surface area (Å²) in [6.45, 7) is 4.00. The third kappa shape index (κ3) is 5.87. The number of benzene rings is 1. The molecule has 1 fully saturated rings. The van der Waals surface area contributed by atoms with Crippen molar-refractivity contribution in [3.8, 4) is 0 Å². The van der Waals surface area contributed by atoms with Gasteiger partial charge in [0.15, 0.2) is 0 Å². The van der Waals surface area contributed by atoms with Gasteiger partial charge in [0.05, 0.1) is 15.7 Å². The van der Waals surface area contributed by atoms with Gasteiger partial charge in [-0.05, 0) is 30.4 Å². The summed E-state index contributed by atoms with van der Waals surface area (Å²) >= 11 is 11.9. The van der Waals surface area contributed by atoms with E-state index in [0.29, 0.717) is 22.5 Å². The van der Waals surface area contributed by atoms with Gasteiger partial charge in [-0.3, -0.25) is 9.59 Å². The Labute approximate surface area is 158 Å². The number of nitrogens with one attached hydrogen (secondary N) is 2. The summed E-state index contributed by atoms with van der Waals surface area (Å²) in [5.41, 5.74) is 0.414. The number of carbonyl (C=O) groups is 2. The Hall–Kier alpha value is -1.30. The molecule has 2 amide bonds. The van der Waals surface area contributed by atoms with E-state index in [0.717, 1.165) is 12.8 Å². The Morgan fingerprint density at radius 2 is 1.88 bits per heavy atom. The van der Waals surface area contributed by atoms with Gasteiger partial charge in [-0.1, -0.05) is 56.0 Å². The highest BCUT2D eigenvalue weighted by Crippen LogP contribution is 2.30. The van der Waals surface area contributed by atoms with E-state index in [1.54, 1.807) is 18.2 Å². The predicted octanol–water partition coefficient (Wildman–Crippen LogP) is 3.89. The number of amides is 2. The first-order valence-corrected chi connectivity index (χ1v) is 9.25. The van der Waals surface area contributed by atoms with E-state index in [4.69, 9.17) is 27.9 Å². The number of hydrogen-bond acceptors (Lipinski definition) is 3. The van der Waals surface area contributed by atoms with Crippen molar-refractivity contribution in [3.05, 3.63) is 28.2 Å². The van der Waals surface area contributed by atoms with Gasteiger partial charge in [-0.15, -0.1) is 0 Å². The Morgan fingerprint density at radius 3 is 2.64 bits per heavy atom. The van der Waals surface area contributed by atoms with Crippen LogP contribution in [0.25, 0.3) is 0 Å². The lowest BCUT2D eigenvalue weighted by Gasteiger charge is -2.34. The van der Waals surface area contributed by atoms with Gasteiger partial charge < -0.3 is 15.4 Å². The van der Waals surface area contributed by atoms with Gasteiger partial charge in [0.25, 0.3) is 0 Å². The number of rotatable bonds is 6. The molecule has 0 unspecified atom stereocenters. The Bertz CT molecular complexity index is 624. The van der Waals surface area contributed by atoms with Crippen LogP contribution in [0.3, 0.4) is 0 Å². The number of hydrogen-bond donors (Lipinski definition) is 2. The molecule has 0 spiro atoms. The summed E-state index contributed by atoms with van der Waals surface area (Å²) in [6, 6.07) is 5.14. The second-order valence-electron chi connectivity index (χ2n) is 6.58. The summed E-state index contributed by atoms with van der Waals surface area (Å²) in [5.74, 6) is 0.468. The van der Waals surface area contributed by atoms with Crippen LogP contribution in [0.15, 0.2) is 18.2 Å².